The number of aryl methyl sites for hydroxylation is 2. The second-order valence-electron chi connectivity index (χ2n) is 6.07. The molecule has 0 spiro atoms. The van der Waals surface area contributed by atoms with Gasteiger partial charge in [-0.3, -0.25) is 10.1 Å². The topological polar surface area (TPSA) is 66.9 Å². The van der Waals surface area contributed by atoms with Gasteiger partial charge in [0.25, 0.3) is 5.91 Å². The number of rotatable bonds is 4. The number of hydrogen-bond acceptors (Lipinski definition) is 6. The van der Waals surface area contributed by atoms with Crippen LogP contribution in [0.3, 0.4) is 0 Å². The molecule has 0 aliphatic carbocycles. The first-order valence-corrected chi connectivity index (χ1v) is 10.2. The molecule has 2 aromatic carbocycles. The highest BCUT2D eigenvalue weighted by molar-refractivity contribution is 7.22. The molecule has 4 rings (SSSR count). The lowest BCUT2D eigenvalue weighted by Gasteiger charge is -2.07. The van der Waals surface area contributed by atoms with Crippen LogP contribution in [0.1, 0.15) is 21.6 Å². The van der Waals surface area contributed by atoms with Gasteiger partial charge in [-0.25, -0.2) is 9.97 Å². The third kappa shape index (κ3) is 3.95. The summed E-state index contributed by atoms with van der Waals surface area (Å²) in [7, 11) is 0. The van der Waals surface area contributed by atoms with Gasteiger partial charge >= 0.3 is 0 Å². The second-order valence-corrected chi connectivity index (χ2v) is 8.39. The number of thiazole rings is 2. The molecule has 2 aromatic heterocycles. The highest BCUT2D eigenvalue weighted by atomic mass is 35.5. The van der Waals surface area contributed by atoms with Gasteiger partial charge in [0.2, 0.25) is 0 Å². The van der Waals surface area contributed by atoms with Gasteiger partial charge in [-0.05, 0) is 43.7 Å². The van der Waals surface area contributed by atoms with E-state index in [0.29, 0.717) is 21.0 Å². The molecular weight excluding hydrogens is 400 g/mol. The number of benzene rings is 2. The van der Waals surface area contributed by atoms with Crippen LogP contribution in [0.15, 0.2) is 41.8 Å². The zero-order chi connectivity index (χ0) is 19.0. The number of anilines is 3. The molecule has 8 heteroatoms. The third-order valence-corrected chi connectivity index (χ3v) is 5.86. The van der Waals surface area contributed by atoms with Gasteiger partial charge in [-0.1, -0.05) is 40.6 Å². The van der Waals surface area contributed by atoms with Crippen molar-refractivity contribution in [2.45, 2.75) is 13.8 Å². The van der Waals surface area contributed by atoms with Crippen LogP contribution in [0.25, 0.3) is 10.2 Å². The molecule has 136 valence electrons. The summed E-state index contributed by atoms with van der Waals surface area (Å²) in [6.07, 6.45) is 0. The number of aromatic nitrogens is 2. The smallest absolute Gasteiger partial charge is 0.276 e. The Bertz CT molecular complexity index is 1150. The van der Waals surface area contributed by atoms with Crippen molar-refractivity contribution in [1.82, 2.24) is 9.97 Å². The molecule has 2 N–H and O–H groups in total. The first-order valence-electron chi connectivity index (χ1n) is 8.15. The summed E-state index contributed by atoms with van der Waals surface area (Å²) in [6, 6.07) is 11.6. The van der Waals surface area contributed by atoms with E-state index < -0.39 is 0 Å². The number of carbonyl (C=O) groups is 1. The van der Waals surface area contributed by atoms with E-state index in [0.717, 1.165) is 21.5 Å². The van der Waals surface area contributed by atoms with Crippen LogP contribution in [-0.2, 0) is 0 Å². The lowest BCUT2D eigenvalue weighted by atomic mass is 10.1. The Hall–Kier alpha value is -2.48. The van der Waals surface area contributed by atoms with E-state index in [2.05, 4.69) is 33.6 Å². The number of nitrogens with one attached hydrogen (secondary N) is 2. The SMILES string of the molecule is Cc1ccc(Nc2nc(C(=O)Nc3nc4ccc(Cl)cc4s3)cs2)c(C)c1. The minimum absolute atomic E-state index is 0.287. The van der Waals surface area contributed by atoms with Crippen LogP contribution in [0.5, 0.6) is 0 Å². The lowest BCUT2D eigenvalue weighted by molar-refractivity contribution is 0.102. The summed E-state index contributed by atoms with van der Waals surface area (Å²) < 4.78 is 0.924. The van der Waals surface area contributed by atoms with Gasteiger partial charge in [0, 0.05) is 16.1 Å². The molecule has 0 fully saturated rings. The van der Waals surface area contributed by atoms with Crippen LogP contribution in [0.4, 0.5) is 16.0 Å². The number of nitrogens with zero attached hydrogens (tertiary/aromatic N) is 2. The molecule has 27 heavy (non-hydrogen) atoms. The van der Waals surface area contributed by atoms with Crippen LogP contribution < -0.4 is 10.6 Å². The molecule has 0 saturated carbocycles. The molecule has 0 aliphatic rings. The lowest BCUT2D eigenvalue weighted by Crippen LogP contribution is -2.12. The minimum atomic E-state index is -0.287. The Balaban J connectivity index is 1.49. The third-order valence-electron chi connectivity index (χ3n) is 3.93. The van der Waals surface area contributed by atoms with E-state index in [1.54, 1.807) is 11.4 Å². The summed E-state index contributed by atoms with van der Waals surface area (Å²) >= 11 is 8.76. The van der Waals surface area contributed by atoms with E-state index >= 15 is 0 Å². The van der Waals surface area contributed by atoms with Crippen molar-refractivity contribution in [2.75, 3.05) is 10.6 Å². The van der Waals surface area contributed by atoms with E-state index in [9.17, 15) is 4.79 Å². The van der Waals surface area contributed by atoms with Gasteiger partial charge in [0.15, 0.2) is 10.3 Å². The highest BCUT2D eigenvalue weighted by Gasteiger charge is 2.14. The summed E-state index contributed by atoms with van der Waals surface area (Å²) in [6.45, 7) is 4.09. The molecule has 0 unspecified atom stereocenters. The van der Waals surface area contributed by atoms with E-state index in [4.69, 9.17) is 11.6 Å². The molecular formula is C19H15ClN4OS2. The summed E-state index contributed by atoms with van der Waals surface area (Å²) in [5.74, 6) is -0.287. The van der Waals surface area contributed by atoms with Gasteiger partial charge in [0.05, 0.1) is 10.2 Å². The number of hydrogen-bond donors (Lipinski definition) is 2. The highest BCUT2D eigenvalue weighted by Crippen LogP contribution is 2.29. The predicted molar refractivity (Wildman–Crippen MR) is 114 cm³/mol. The van der Waals surface area contributed by atoms with Crippen LogP contribution in [-0.4, -0.2) is 15.9 Å². The molecule has 0 bridgehead atoms. The number of amides is 1. The molecule has 2 heterocycles. The van der Waals surface area contributed by atoms with Crippen molar-refractivity contribution in [1.29, 1.82) is 0 Å². The van der Waals surface area contributed by atoms with E-state index in [1.165, 1.54) is 28.2 Å². The predicted octanol–water partition coefficient (Wildman–Crippen LogP) is 6.02. The van der Waals surface area contributed by atoms with Crippen LogP contribution in [0, 0.1) is 13.8 Å². The van der Waals surface area contributed by atoms with Crippen LogP contribution in [0.2, 0.25) is 5.02 Å². The maximum Gasteiger partial charge on any atom is 0.276 e. The number of fused-ring (bicyclic) bond motifs is 1. The average Bonchev–Trinajstić information content (AvgIpc) is 3.23. The fourth-order valence-corrected chi connectivity index (χ4v) is 4.46. The van der Waals surface area contributed by atoms with Gasteiger partial charge in [-0.15, -0.1) is 11.3 Å². The monoisotopic (exact) mass is 414 g/mol. The fourth-order valence-electron chi connectivity index (χ4n) is 2.62. The van der Waals surface area contributed by atoms with Gasteiger partial charge < -0.3 is 5.32 Å². The van der Waals surface area contributed by atoms with Crippen LogP contribution >= 0.6 is 34.3 Å². The minimum Gasteiger partial charge on any atom is -0.331 e. The van der Waals surface area contributed by atoms with Crippen molar-refractivity contribution >= 4 is 66.3 Å². The van der Waals surface area contributed by atoms with E-state index in [1.807, 2.05) is 31.2 Å². The summed E-state index contributed by atoms with van der Waals surface area (Å²) in [5, 5.41) is 9.63. The Morgan fingerprint density at radius 2 is 1.93 bits per heavy atom. The van der Waals surface area contributed by atoms with Crippen molar-refractivity contribution in [2.24, 2.45) is 0 Å². The molecule has 0 atom stereocenters. The molecule has 0 radical (unpaired) electrons. The Morgan fingerprint density at radius 3 is 2.74 bits per heavy atom. The molecule has 4 aromatic rings. The van der Waals surface area contributed by atoms with Gasteiger partial charge in [-0.2, -0.15) is 0 Å². The average molecular weight is 415 g/mol. The molecule has 5 nitrogen and oxygen atoms in total. The zero-order valence-corrected chi connectivity index (χ0v) is 16.9. The largest absolute Gasteiger partial charge is 0.331 e. The normalized spacial score (nSPS) is 10.9. The summed E-state index contributed by atoms with van der Waals surface area (Å²) in [4.78, 5) is 21.3. The van der Waals surface area contributed by atoms with Crippen molar-refractivity contribution in [3.8, 4) is 0 Å². The van der Waals surface area contributed by atoms with Crippen molar-refractivity contribution in [3.05, 3.63) is 63.6 Å². The number of carbonyl (C=O) groups excluding carboxylic acids is 1. The molecule has 0 aliphatic heterocycles. The Morgan fingerprint density at radius 1 is 1.07 bits per heavy atom. The van der Waals surface area contributed by atoms with Crippen molar-refractivity contribution in [3.63, 3.8) is 0 Å². The summed E-state index contributed by atoms with van der Waals surface area (Å²) in [5.41, 5.74) is 4.46. The first kappa shape index (κ1) is 17.9. The maximum atomic E-state index is 12.5. The zero-order valence-electron chi connectivity index (χ0n) is 14.5. The second kappa shape index (κ2) is 7.26. The Kier molecular flexibility index (Phi) is 4.82. The number of halogens is 1. The quantitative estimate of drug-likeness (QED) is 0.428. The molecule has 1 amide bonds. The fraction of sp³-hybridized carbons (Fsp3) is 0.105. The standard InChI is InChI=1S/C19H15ClN4OS2/c1-10-3-5-13(11(2)7-10)21-18-23-15(9-26-18)17(25)24-19-22-14-6-4-12(20)8-16(14)27-19/h3-9H,1-2H3,(H,21,23)(H,22,24,25). The van der Waals surface area contributed by atoms with Crippen molar-refractivity contribution < 1.29 is 4.79 Å². The van der Waals surface area contributed by atoms with E-state index in [-0.39, 0.29) is 5.91 Å². The van der Waals surface area contributed by atoms with Gasteiger partial charge in [0.1, 0.15) is 5.69 Å². The maximum absolute atomic E-state index is 12.5. The Labute approximate surface area is 169 Å². The molecule has 0 saturated heterocycles. The first-order chi connectivity index (χ1) is 13.0.